The van der Waals surface area contributed by atoms with Crippen LogP contribution >= 0.6 is 22.9 Å². The van der Waals surface area contributed by atoms with Crippen LogP contribution in [0.3, 0.4) is 0 Å². The van der Waals surface area contributed by atoms with Crippen molar-refractivity contribution in [2.75, 3.05) is 12.4 Å². The molecule has 3 rings (SSSR count). The van der Waals surface area contributed by atoms with Crippen LogP contribution < -0.4 is 5.32 Å². The zero-order valence-electron chi connectivity index (χ0n) is 11.5. The lowest BCUT2D eigenvalue weighted by Crippen LogP contribution is -1.96. The number of anilines is 1. The molecule has 0 bridgehead atoms. The Morgan fingerprint density at radius 1 is 1.10 bits per heavy atom. The summed E-state index contributed by atoms with van der Waals surface area (Å²) in [5.74, 6) is 0.555. The van der Waals surface area contributed by atoms with Crippen LogP contribution in [0.25, 0.3) is 21.3 Å². The maximum Gasteiger partial charge on any atom is 0.225 e. The third-order valence-corrected chi connectivity index (χ3v) is 4.52. The minimum atomic E-state index is 0.499. The first-order chi connectivity index (χ1) is 9.60. The smallest absolute Gasteiger partial charge is 0.225 e. The van der Waals surface area contributed by atoms with E-state index in [0.29, 0.717) is 11.1 Å². The number of fused-ring (bicyclic) bond motifs is 1. The van der Waals surface area contributed by atoms with E-state index in [2.05, 4.69) is 53.4 Å². The number of benzene rings is 1. The highest BCUT2D eigenvalue weighted by molar-refractivity contribution is 7.19. The Bertz CT molecular complexity index is 778. The Balaban J connectivity index is 2.30. The lowest BCUT2D eigenvalue weighted by molar-refractivity contribution is 1.20. The van der Waals surface area contributed by atoms with Crippen molar-refractivity contribution >= 4 is 39.1 Å². The first-order valence-corrected chi connectivity index (χ1v) is 7.51. The van der Waals surface area contributed by atoms with Gasteiger partial charge in [-0.3, -0.25) is 0 Å². The first-order valence-electron chi connectivity index (χ1n) is 6.31. The largest absolute Gasteiger partial charge is 0.357 e. The summed E-state index contributed by atoms with van der Waals surface area (Å²) in [7, 11) is 1.79. The molecule has 2 aromatic heterocycles. The second-order valence-electron chi connectivity index (χ2n) is 4.67. The average molecular weight is 304 g/mol. The SMILES string of the molecule is CNc1nc(Cl)c2c(-c3ccc(C)cc3)c(C)sc2n1. The number of halogens is 1. The van der Waals surface area contributed by atoms with E-state index < -0.39 is 0 Å². The third kappa shape index (κ3) is 2.15. The summed E-state index contributed by atoms with van der Waals surface area (Å²) in [5, 5.41) is 4.38. The van der Waals surface area contributed by atoms with E-state index in [0.717, 1.165) is 21.3 Å². The number of aromatic nitrogens is 2. The molecule has 0 aliphatic heterocycles. The van der Waals surface area contributed by atoms with Crippen LogP contribution in [-0.4, -0.2) is 17.0 Å². The Hall–Kier alpha value is -1.65. The topological polar surface area (TPSA) is 37.8 Å². The van der Waals surface area contributed by atoms with Crippen molar-refractivity contribution in [2.24, 2.45) is 0 Å². The molecule has 1 N–H and O–H groups in total. The standard InChI is InChI=1S/C15H14ClN3S/c1-8-4-6-10(7-5-8)11-9(2)20-14-12(11)13(16)18-15(17-3)19-14/h4-7H,1-3H3,(H,17,18,19). The van der Waals surface area contributed by atoms with Crippen LogP contribution in [0.5, 0.6) is 0 Å². The monoisotopic (exact) mass is 303 g/mol. The molecular weight excluding hydrogens is 290 g/mol. The Kier molecular flexibility index (Phi) is 3.36. The highest BCUT2D eigenvalue weighted by Crippen LogP contribution is 2.40. The van der Waals surface area contributed by atoms with Crippen LogP contribution in [0, 0.1) is 13.8 Å². The van der Waals surface area contributed by atoms with Crippen LogP contribution in [-0.2, 0) is 0 Å². The fourth-order valence-electron chi connectivity index (χ4n) is 2.25. The van der Waals surface area contributed by atoms with Gasteiger partial charge in [0.05, 0.1) is 5.39 Å². The number of thiophene rings is 1. The zero-order chi connectivity index (χ0) is 14.3. The van der Waals surface area contributed by atoms with Gasteiger partial charge in [-0.1, -0.05) is 41.4 Å². The molecule has 0 spiro atoms. The van der Waals surface area contributed by atoms with E-state index in [4.69, 9.17) is 11.6 Å². The molecule has 3 nitrogen and oxygen atoms in total. The summed E-state index contributed by atoms with van der Waals surface area (Å²) < 4.78 is 0. The molecule has 2 heterocycles. The molecule has 0 amide bonds. The summed E-state index contributed by atoms with van der Waals surface area (Å²) >= 11 is 8.00. The third-order valence-electron chi connectivity index (χ3n) is 3.25. The Morgan fingerprint density at radius 3 is 2.45 bits per heavy atom. The van der Waals surface area contributed by atoms with Gasteiger partial charge in [-0.25, -0.2) is 9.97 Å². The maximum atomic E-state index is 6.36. The van der Waals surface area contributed by atoms with Crippen LogP contribution in [0.15, 0.2) is 24.3 Å². The van der Waals surface area contributed by atoms with E-state index in [9.17, 15) is 0 Å². The number of rotatable bonds is 2. The molecule has 0 saturated carbocycles. The molecule has 0 aliphatic rings. The van der Waals surface area contributed by atoms with E-state index in [-0.39, 0.29) is 0 Å². The molecule has 0 atom stereocenters. The van der Waals surface area contributed by atoms with Crippen molar-refractivity contribution in [3.05, 3.63) is 39.9 Å². The zero-order valence-corrected chi connectivity index (χ0v) is 13.1. The number of hydrogen-bond donors (Lipinski definition) is 1. The van der Waals surface area contributed by atoms with Gasteiger partial charge in [-0.2, -0.15) is 0 Å². The number of hydrogen-bond acceptors (Lipinski definition) is 4. The predicted octanol–water partition coefficient (Wildman–Crippen LogP) is 4.67. The van der Waals surface area contributed by atoms with Crippen LogP contribution in [0.4, 0.5) is 5.95 Å². The molecule has 0 aliphatic carbocycles. The molecule has 5 heteroatoms. The lowest BCUT2D eigenvalue weighted by Gasteiger charge is -2.05. The van der Waals surface area contributed by atoms with Gasteiger partial charge >= 0.3 is 0 Å². The molecule has 3 aromatic rings. The quantitative estimate of drug-likeness (QED) is 0.699. The van der Waals surface area contributed by atoms with E-state index in [1.165, 1.54) is 10.4 Å². The number of aryl methyl sites for hydroxylation is 2. The van der Waals surface area contributed by atoms with Crippen molar-refractivity contribution in [1.29, 1.82) is 0 Å². The van der Waals surface area contributed by atoms with Gasteiger partial charge in [0.15, 0.2) is 0 Å². The number of nitrogens with zero attached hydrogens (tertiary/aromatic N) is 2. The second kappa shape index (κ2) is 5.04. The summed E-state index contributed by atoms with van der Waals surface area (Å²) in [6, 6.07) is 8.45. The number of nitrogens with one attached hydrogen (secondary N) is 1. The van der Waals surface area contributed by atoms with Gasteiger partial charge < -0.3 is 5.32 Å². The van der Waals surface area contributed by atoms with E-state index >= 15 is 0 Å². The van der Waals surface area contributed by atoms with Crippen LogP contribution in [0.2, 0.25) is 5.15 Å². The van der Waals surface area contributed by atoms with Gasteiger partial charge in [-0.15, -0.1) is 11.3 Å². The van der Waals surface area contributed by atoms with Crippen LogP contribution in [0.1, 0.15) is 10.4 Å². The predicted molar refractivity (Wildman–Crippen MR) is 86.9 cm³/mol. The van der Waals surface area contributed by atoms with Crippen molar-refractivity contribution in [3.63, 3.8) is 0 Å². The normalized spacial score (nSPS) is 11.0. The summed E-state index contributed by atoms with van der Waals surface area (Å²) in [4.78, 5) is 10.9. The summed E-state index contributed by atoms with van der Waals surface area (Å²) in [5.41, 5.74) is 3.53. The Labute approximate surface area is 126 Å². The fourth-order valence-corrected chi connectivity index (χ4v) is 3.61. The minimum absolute atomic E-state index is 0.499. The fraction of sp³-hybridized carbons (Fsp3) is 0.200. The summed E-state index contributed by atoms with van der Waals surface area (Å²) in [6.07, 6.45) is 0. The molecule has 0 unspecified atom stereocenters. The molecule has 0 fully saturated rings. The Morgan fingerprint density at radius 2 is 1.80 bits per heavy atom. The highest BCUT2D eigenvalue weighted by Gasteiger charge is 2.17. The van der Waals surface area contributed by atoms with Gasteiger partial charge in [-0.05, 0) is 19.4 Å². The summed E-state index contributed by atoms with van der Waals surface area (Å²) in [6.45, 7) is 4.18. The van der Waals surface area contributed by atoms with Crippen molar-refractivity contribution in [3.8, 4) is 11.1 Å². The molecule has 0 saturated heterocycles. The van der Waals surface area contributed by atoms with Crippen molar-refractivity contribution < 1.29 is 0 Å². The molecule has 20 heavy (non-hydrogen) atoms. The molecule has 0 radical (unpaired) electrons. The highest BCUT2D eigenvalue weighted by atomic mass is 35.5. The van der Waals surface area contributed by atoms with E-state index in [1.54, 1.807) is 18.4 Å². The van der Waals surface area contributed by atoms with Gasteiger partial charge in [0.2, 0.25) is 5.95 Å². The van der Waals surface area contributed by atoms with Gasteiger partial charge in [0.25, 0.3) is 0 Å². The van der Waals surface area contributed by atoms with Gasteiger partial charge in [0, 0.05) is 17.5 Å². The van der Waals surface area contributed by atoms with Crippen molar-refractivity contribution in [1.82, 2.24) is 9.97 Å². The second-order valence-corrected chi connectivity index (χ2v) is 6.23. The molecule has 1 aromatic carbocycles. The van der Waals surface area contributed by atoms with Gasteiger partial charge in [0.1, 0.15) is 9.98 Å². The maximum absolute atomic E-state index is 6.36. The lowest BCUT2D eigenvalue weighted by atomic mass is 10.0. The first kappa shape index (κ1) is 13.3. The molecule has 102 valence electrons. The van der Waals surface area contributed by atoms with E-state index in [1.807, 2.05) is 0 Å². The van der Waals surface area contributed by atoms with Crippen molar-refractivity contribution in [2.45, 2.75) is 13.8 Å². The minimum Gasteiger partial charge on any atom is -0.357 e. The molecular formula is C15H14ClN3S. The average Bonchev–Trinajstić information content (AvgIpc) is 2.76.